The Morgan fingerprint density at radius 3 is 2.66 bits per heavy atom. The fourth-order valence-corrected chi connectivity index (χ4v) is 3.81. The number of nitrogens with one attached hydrogen (secondary N) is 1. The number of aliphatic hydroxyl groups excluding tert-OH is 1. The van der Waals surface area contributed by atoms with Crippen LogP contribution in [0.1, 0.15) is 5.69 Å². The van der Waals surface area contributed by atoms with E-state index in [1.165, 1.54) is 0 Å². The van der Waals surface area contributed by atoms with Gasteiger partial charge in [0.1, 0.15) is 5.75 Å². The molecular weight excluding hydrogens is 476 g/mol. The zero-order valence-corrected chi connectivity index (χ0v) is 19.4. The molecule has 3 heterocycles. The number of rotatable bonds is 7. The summed E-state index contributed by atoms with van der Waals surface area (Å²) in [5, 5.41) is 12.7. The summed E-state index contributed by atoms with van der Waals surface area (Å²) in [6, 6.07) is 9.12. The second-order valence-electron chi connectivity index (χ2n) is 7.55. The van der Waals surface area contributed by atoms with E-state index in [4.69, 9.17) is 9.84 Å². The number of benzene rings is 1. The highest BCUT2D eigenvalue weighted by molar-refractivity contribution is 9.10. The molecule has 1 aliphatic heterocycles. The summed E-state index contributed by atoms with van der Waals surface area (Å²) in [4.78, 5) is 30.4. The van der Waals surface area contributed by atoms with E-state index in [-0.39, 0.29) is 19.1 Å². The molecule has 0 radical (unpaired) electrons. The number of nitrogens with zero attached hydrogens (tertiary/aromatic N) is 5. The van der Waals surface area contributed by atoms with Crippen LogP contribution in [0.2, 0.25) is 0 Å². The van der Waals surface area contributed by atoms with E-state index in [1.807, 2.05) is 25.1 Å². The number of aliphatic hydroxyl groups is 1. The van der Waals surface area contributed by atoms with Crippen LogP contribution in [0.25, 0.3) is 11.0 Å². The first-order valence-corrected chi connectivity index (χ1v) is 11.2. The molecule has 2 N–H and O–H groups in total. The molecule has 0 aliphatic carbocycles. The van der Waals surface area contributed by atoms with Crippen LogP contribution in [-0.4, -0.2) is 76.8 Å². The van der Waals surface area contributed by atoms with Crippen molar-refractivity contribution in [3.8, 4) is 5.75 Å². The number of hydrogen-bond acceptors (Lipinski definition) is 8. The molecule has 0 unspecified atom stereocenters. The summed E-state index contributed by atoms with van der Waals surface area (Å²) in [5.74, 6) is 1.00. The lowest BCUT2D eigenvalue weighted by Gasteiger charge is -2.34. The van der Waals surface area contributed by atoms with Crippen LogP contribution < -0.4 is 15.0 Å². The number of fused-ring (bicyclic) bond motifs is 1. The predicted octanol–water partition coefficient (Wildman–Crippen LogP) is 2.23. The number of anilines is 2. The minimum absolute atomic E-state index is 0.101. The van der Waals surface area contributed by atoms with Gasteiger partial charge in [-0.1, -0.05) is 15.9 Å². The lowest BCUT2D eigenvalue weighted by atomic mass is 10.2. The summed E-state index contributed by atoms with van der Waals surface area (Å²) < 4.78 is 6.46. The van der Waals surface area contributed by atoms with Gasteiger partial charge in [-0.25, -0.2) is 9.97 Å². The van der Waals surface area contributed by atoms with Crippen LogP contribution in [0.5, 0.6) is 5.75 Å². The number of carbonyl (C=O) groups is 1. The maximum absolute atomic E-state index is 12.3. The summed E-state index contributed by atoms with van der Waals surface area (Å²) in [5.41, 5.74) is 1.96. The summed E-state index contributed by atoms with van der Waals surface area (Å²) in [6.07, 6.45) is 1.59. The molecule has 1 fully saturated rings. The van der Waals surface area contributed by atoms with Crippen molar-refractivity contribution < 1.29 is 14.6 Å². The number of halogens is 1. The lowest BCUT2D eigenvalue weighted by molar-refractivity contribution is -0.118. The third kappa shape index (κ3) is 5.50. The van der Waals surface area contributed by atoms with Gasteiger partial charge in [-0.05, 0) is 37.3 Å². The average molecular weight is 501 g/mol. The molecule has 2 aromatic heterocycles. The van der Waals surface area contributed by atoms with Crippen LogP contribution >= 0.6 is 15.9 Å². The number of ether oxygens (including phenoxy) is 1. The number of hydrogen-bond donors (Lipinski definition) is 2. The molecule has 0 atom stereocenters. The summed E-state index contributed by atoms with van der Waals surface area (Å²) in [7, 11) is 0. The van der Waals surface area contributed by atoms with Crippen LogP contribution in [0.15, 0.2) is 41.0 Å². The van der Waals surface area contributed by atoms with Crippen molar-refractivity contribution in [3.05, 3.63) is 46.7 Å². The van der Waals surface area contributed by atoms with Crippen molar-refractivity contribution in [1.82, 2.24) is 19.9 Å². The Balaban J connectivity index is 1.40. The Labute approximate surface area is 194 Å². The van der Waals surface area contributed by atoms with Crippen molar-refractivity contribution in [2.75, 3.05) is 56.2 Å². The van der Waals surface area contributed by atoms with E-state index in [0.717, 1.165) is 41.7 Å². The number of aromatic nitrogens is 3. The van der Waals surface area contributed by atoms with Gasteiger partial charge >= 0.3 is 0 Å². The number of piperazine rings is 1. The Morgan fingerprint density at radius 1 is 1.19 bits per heavy atom. The van der Waals surface area contributed by atoms with E-state index >= 15 is 0 Å². The molecule has 1 saturated heterocycles. The maximum Gasteiger partial charge on any atom is 0.262 e. The van der Waals surface area contributed by atoms with Gasteiger partial charge in [-0.2, -0.15) is 4.98 Å². The number of carbonyl (C=O) groups excluding carboxylic acids is 1. The quantitative estimate of drug-likeness (QED) is 0.508. The summed E-state index contributed by atoms with van der Waals surface area (Å²) in [6.45, 7) is 6.01. The van der Waals surface area contributed by atoms with E-state index in [1.54, 1.807) is 18.3 Å². The minimum Gasteiger partial charge on any atom is -0.484 e. The first-order valence-electron chi connectivity index (χ1n) is 10.4. The zero-order valence-electron chi connectivity index (χ0n) is 17.8. The monoisotopic (exact) mass is 500 g/mol. The molecule has 32 heavy (non-hydrogen) atoms. The second kappa shape index (κ2) is 10.2. The number of amides is 1. The van der Waals surface area contributed by atoms with Crippen LogP contribution in [0, 0.1) is 6.92 Å². The van der Waals surface area contributed by atoms with Crippen molar-refractivity contribution in [2.45, 2.75) is 6.92 Å². The van der Waals surface area contributed by atoms with Gasteiger partial charge in [0.25, 0.3) is 5.91 Å². The molecule has 1 amide bonds. The molecular formula is C22H25BrN6O3. The topological polar surface area (TPSA) is 104 Å². The zero-order chi connectivity index (χ0) is 22.5. The third-order valence-electron chi connectivity index (χ3n) is 5.27. The Kier molecular flexibility index (Phi) is 7.13. The van der Waals surface area contributed by atoms with E-state index in [2.05, 4.69) is 46.0 Å². The van der Waals surface area contributed by atoms with Crippen molar-refractivity contribution in [1.29, 1.82) is 0 Å². The smallest absolute Gasteiger partial charge is 0.262 e. The molecule has 1 aliphatic rings. The van der Waals surface area contributed by atoms with Gasteiger partial charge in [0.15, 0.2) is 12.3 Å². The van der Waals surface area contributed by atoms with E-state index in [9.17, 15) is 4.79 Å². The SMILES string of the molecule is Cc1nc(N2CCN(CCO)CC2)nc2ncc(NC(=O)COc3ccc(Br)cc3)cc12. The predicted molar refractivity (Wildman–Crippen MR) is 126 cm³/mol. The molecule has 3 aromatic rings. The molecule has 0 spiro atoms. The minimum atomic E-state index is -0.273. The normalized spacial score (nSPS) is 14.5. The second-order valence-corrected chi connectivity index (χ2v) is 8.46. The van der Waals surface area contributed by atoms with Gasteiger partial charge < -0.3 is 20.1 Å². The molecule has 4 rings (SSSR count). The Morgan fingerprint density at radius 2 is 1.94 bits per heavy atom. The molecule has 10 heteroatoms. The number of β-amino-alcohol motifs (C(OH)–C–C–N with tert-alkyl or cyclic N) is 1. The molecule has 168 valence electrons. The van der Waals surface area contributed by atoms with Gasteiger partial charge in [-0.15, -0.1) is 0 Å². The van der Waals surface area contributed by atoms with E-state index in [0.29, 0.717) is 29.6 Å². The van der Waals surface area contributed by atoms with Gasteiger partial charge in [0, 0.05) is 42.6 Å². The van der Waals surface area contributed by atoms with Crippen LogP contribution in [-0.2, 0) is 4.79 Å². The highest BCUT2D eigenvalue weighted by Crippen LogP contribution is 2.22. The first kappa shape index (κ1) is 22.4. The molecule has 0 saturated carbocycles. The highest BCUT2D eigenvalue weighted by atomic mass is 79.9. The number of pyridine rings is 1. The Hall–Kier alpha value is -2.82. The maximum atomic E-state index is 12.3. The molecule has 1 aromatic carbocycles. The third-order valence-corrected chi connectivity index (χ3v) is 5.80. The average Bonchev–Trinajstić information content (AvgIpc) is 2.80. The molecule has 9 nitrogen and oxygen atoms in total. The number of aryl methyl sites for hydroxylation is 1. The van der Waals surface area contributed by atoms with Crippen molar-refractivity contribution in [3.63, 3.8) is 0 Å². The fraction of sp³-hybridized carbons (Fsp3) is 0.364. The Bertz CT molecular complexity index is 1090. The van der Waals surface area contributed by atoms with Gasteiger partial charge in [0.05, 0.1) is 24.2 Å². The fourth-order valence-electron chi connectivity index (χ4n) is 3.54. The molecule has 0 bridgehead atoms. The standard InChI is InChI=1S/C22H25BrN6O3/c1-15-19-12-17(26-20(31)14-32-18-4-2-16(23)3-5-18)13-24-21(19)27-22(25-15)29-8-6-28(7-9-29)10-11-30/h2-5,12-13,30H,6-11,14H2,1H3,(H,26,31). The first-order chi connectivity index (χ1) is 15.5. The largest absolute Gasteiger partial charge is 0.484 e. The van der Waals surface area contributed by atoms with Crippen LogP contribution in [0.4, 0.5) is 11.6 Å². The highest BCUT2D eigenvalue weighted by Gasteiger charge is 2.20. The van der Waals surface area contributed by atoms with E-state index < -0.39 is 0 Å². The van der Waals surface area contributed by atoms with Crippen LogP contribution in [0.3, 0.4) is 0 Å². The van der Waals surface area contributed by atoms with Gasteiger partial charge in [-0.3, -0.25) is 9.69 Å². The summed E-state index contributed by atoms with van der Waals surface area (Å²) >= 11 is 3.37. The van der Waals surface area contributed by atoms with Crippen molar-refractivity contribution >= 4 is 44.5 Å². The van der Waals surface area contributed by atoms with Crippen molar-refractivity contribution in [2.24, 2.45) is 0 Å². The van der Waals surface area contributed by atoms with Gasteiger partial charge in [0.2, 0.25) is 5.95 Å². The lowest BCUT2D eigenvalue weighted by Crippen LogP contribution is -2.47.